The molecule has 6 N–H and O–H groups in total. The van der Waals surface area contributed by atoms with Gasteiger partial charge in [0.2, 0.25) is 17.7 Å². The summed E-state index contributed by atoms with van der Waals surface area (Å²) in [6.07, 6.45) is 0.721. The molecule has 0 saturated carbocycles. The van der Waals surface area contributed by atoms with Crippen LogP contribution in [0.3, 0.4) is 0 Å². The van der Waals surface area contributed by atoms with Crippen LogP contribution in [0.2, 0.25) is 0 Å². The fourth-order valence-electron chi connectivity index (χ4n) is 2.52. The highest BCUT2D eigenvalue weighted by Crippen LogP contribution is 2.10. The molecule has 3 amide bonds. The van der Waals surface area contributed by atoms with E-state index in [2.05, 4.69) is 28.6 Å². The summed E-state index contributed by atoms with van der Waals surface area (Å²) in [7, 11) is 0. The molecule has 10 heteroatoms. The molecule has 0 aromatic carbocycles. The van der Waals surface area contributed by atoms with E-state index >= 15 is 0 Å². The molecule has 0 aliphatic rings. The summed E-state index contributed by atoms with van der Waals surface area (Å²) in [5.74, 6) is -3.49. The number of carbonyl (C=O) groups excluding carboxylic acids is 3. The summed E-state index contributed by atoms with van der Waals surface area (Å²) in [6, 6.07) is -3.76. The largest absolute Gasteiger partial charge is 0.480 e. The summed E-state index contributed by atoms with van der Waals surface area (Å²) in [5, 5.41) is 16.8. The zero-order valence-corrected chi connectivity index (χ0v) is 19.0. The molecule has 0 rings (SSSR count). The predicted octanol–water partition coefficient (Wildman–Crippen LogP) is 0.141. The van der Waals surface area contributed by atoms with E-state index in [1.807, 2.05) is 13.8 Å². The van der Waals surface area contributed by atoms with Crippen molar-refractivity contribution < 1.29 is 24.3 Å². The first kappa shape index (κ1) is 27.2. The SMILES string of the molecule is CCC(C)C(N)C(=O)NC(C(=O)NC(C(=O)NC(CS)C(=O)O)C(C)C)C(C)C. The highest BCUT2D eigenvalue weighted by molar-refractivity contribution is 7.80. The van der Waals surface area contributed by atoms with E-state index in [-0.39, 0.29) is 23.5 Å². The fraction of sp³-hybridized carbons (Fsp3) is 0.789. The average molecular weight is 433 g/mol. The monoisotopic (exact) mass is 432 g/mol. The second-order valence-electron chi connectivity index (χ2n) is 7.95. The lowest BCUT2D eigenvalue weighted by molar-refractivity contribution is -0.142. The van der Waals surface area contributed by atoms with Gasteiger partial charge < -0.3 is 26.8 Å². The van der Waals surface area contributed by atoms with E-state index in [0.717, 1.165) is 6.42 Å². The molecule has 5 atom stereocenters. The summed E-state index contributed by atoms with van der Waals surface area (Å²) in [4.78, 5) is 48.9. The highest BCUT2D eigenvalue weighted by Gasteiger charge is 2.33. The Kier molecular flexibility index (Phi) is 11.9. The number of hydrogen-bond donors (Lipinski definition) is 6. The lowest BCUT2D eigenvalue weighted by Crippen LogP contribution is -2.60. The van der Waals surface area contributed by atoms with Crippen LogP contribution in [0, 0.1) is 17.8 Å². The molecule has 5 unspecified atom stereocenters. The summed E-state index contributed by atoms with van der Waals surface area (Å²) >= 11 is 3.92. The minimum Gasteiger partial charge on any atom is -0.480 e. The molecular weight excluding hydrogens is 396 g/mol. The molecule has 0 aliphatic carbocycles. The summed E-state index contributed by atoms with van der Waals surface area (Å²) in [6.45, 7) is 10.8. The van der Waals surface area contributed by atoms with Gasteiger partial charge in [0.15, 0.2) is 0 Å². The van der Waals surface area contributed by atoms with Gasteiger partial charge in [-0.2, -0.15) is 12.6 Å². The molecule has 9 nitrogen and oxygen atoms in total. The zero-order chi connectivity index (χ0) is 22.9. The van der Waals surface area contributed by atoms with Crippen molar-refractivity contribution >= 4 is 36.3 Å². The van der Waals surface area contributed by atoms with Gasteiger partial charge in [0, 0.05) is 5.75 Å². The second kappa shape index (κ2) is 12.7. The maximum atomic E-state index is 12.8. The molecule has 29 heavy (non-hydrogen) atoms. The Bertz CT molecular complexity index is 585. The van der Waals surface area contributed by atoms with Crippen LogP contribution in [-0.4, -0.2) is 58.7 Å². The molecule has 0 aliphatic heterocycles. The van der Waals surface area contributed by atoms with Gasteiger partial charge >= 0.3 is 5.97 Å². The van der Waals surface area contributed by atoms with Crippen LogP contribution in [0.1, 0.15) is 48.0 Å². The van der Waals surface area contributed by atoms with Gasteiger partial charge in [0.25, 0.3) is 0 Å². The lowest BCUT2D eigenvalue weighted by atomic mass is 9.96. The van der Waals surface area contributed by atoms with E-state index in [0.29, 0.717) is 0 Å². The van der Waals surface area contributed by atoms with Crippen LogP contribution in [0.25, 0.3) is 0 Å². The number of carbonyl (C=O) groups is 4. The number of carboxylic acid groups (broad SMARTS) is 1. The van der Waals surface area contributed by atoms with Crippen molar-refractivity contribution in [2.75, 3.05) is 5.75 Å². The van der Waals surface area contributed by atoms with E-state index in [1.165, 1.54) is 0 Å². The van der Waals surface area contributed by atoms with Crippen molar-refractivity contribution in [2.24, 2.45) is 23.5 Å². The second-order valence-corrected chi connectivity index (χ2v) is 8.32. The number of nitrogens with two attached hydrogens (primary N) is 1. The smallest absolute Gasteiger partial charge is 0.327 e. The minimum absolute atomic E-state index is 0.0470. The first-order valence-corrected chi connectivity index (χ1v) is 10.5. The van der Waals surface area contributed by atoms with Gasteiger partial charge in [0.05, 0.1) is 6.04 Å². The number of thiol groups is 1. The zero-order valence-electron chi connectivity index (χ0n) is 18.1. The van der Waals surface area contributed by atoms with Crippen molar-refractivity contribution in [3.8, 4) is 0 Å². The van der Waals surface area contributed by atoms with Gasteiger partial charge in [-0.15, -0.1) is 0 Å². The van der Waals surface area contributed by atoms with Crippen molar-refractivity contribution in [2.45, 2.75) is 72.1 Å². The molecule has 0 bridgehead atoms. The normalized spacial score (nSPS) is 16.5. The molecule has 168 valence electrons. The first-order valence-electron chi connectivity index (χ1n) is 9.87. The summed E-state index contributed by atoms with van der Waals surface area (Å²) < 4.78 is 0. The van der Waals surface area contributed by atoms with Crippen LogP contribution < -0.4 is 21.7 Å². The minimum atomic E-state index is -1.21. The van der Waals surface area contributed by atoms with Crippen molar-refractivity contribution in [1.29, 1.82) is 0 Å². The van der Waals surface area contributed by atoms with Gasteiger partial charge in [-0.05, 0) is 17.8 Å². The molecular formula is C19H36N4O5S. The van der Waals surface area contributed by atoms with E-state index in [1.54, 1.807) is 27.7 Å². The van der Waals surface area contributed by atoms with Crippen molar-refractivity contribution in [1.82, 2.24) is 16.0 Å². The van der Waals surface area contributed by atoms with Crippen LogP contribution in [0.5, 0.6) is 0 Å². The maximum Gasteiger partial charge on any atom is 0.327 e. The maximum absolute atomic E-state index is 12.8. The molecule has 0 fully saturated rings. The van der Waals surface area contributed by atoms with Gasteiger partial charge in [-0.3, -0.25) is 14.4 Å². The van der Waals surface area contributed by atoms with Gasteiger partial charge in [-0.1, -0.05) is 48.0 Å². The Balaban J connectivity index is 5.31. The molecule has 0 spiro atoms. The highest BCUT2D eigenvalue weighted by atomic mass is 32.1. The Hall–Kier alpha value is -1.81. The Morgan fingerprint density at radius 3 is 1.62 bits per heavy atom. The summed E-state index contributed by atoms with van der Waals surface area (Å²) in [5.41, 5.74) is 5.95. The molecule has 0 aromatic rings. The molecule has 0 radical (unpaired) electrons. The van der Waals surface area contributed by atoms with Crippen LogP contribution in [0.15, 0.2) is 0 Å². The third-order valence-corrected chi connectivity index (χ3v) is 5.22. The standard InChI is InChI=1S/C19H36N4O5S/c1-7-11(6)13(20)16(24)22-15(10(4)5)18(26)23-14(9(2)3)17(25)21-12(8-29)19(27)28/h9-15,29H,7-8,20H2,1-6H3,(H,21,25)(H,22,24)(H,23,26)(H,27,28). The average Bonchev–Trinajstić information content (AvgIpc) is 2.65. The number of aliphatic carboxylic acids is 1. The van der Waals surface area contributed by atoms with Gasteiger partial charge in [-0.25, -0.2) is 4.79 Å². The first-order chi connectivity index (χ1) is 13.4. The van der Waals surface area contributed by atoms with Crippen LogP contribution in [-0.2, 0) is 19.2 Å². The Morgan fingerprint density at radius 1 is 0.862 bits per heavy atom. The molecule has 0 aromatic heterocycles. The van der Waals surface area contributed by atoms with Crippen LogP contribution >= 0.6 is 12.6 Å². The Morgan fingerprint density at radius 2 is 1.28 bits per heavy atom. The third-order valence-electron chi connectivity index (χ3n) is 4.85. The van der Waals surface area contributed by atoms with E-state index in [9.17, 15) is 19.2 Å². The number of amides is 3. The van der Waals surface area contributed by atoms with Crippen molar-refractivity contribution in [3.63, 3.8) is 0 Å². The fourth-order valence-corrected chi connectivity index (χ4v) is 2.77. The Labute approximate surface area is 178 Å². The quantitative estimate of drug-likeness (QED) is 0.241. The number of nitrogens with one attached hydrogen (secondary N) is 3. The van der Waals surface area contributed by atoms with E-state index in [4.69, 9.17) is 10.8 Å². The molecule has 0 heterocycles. The third kappa shape index (κ3) is 8.61. The number of hydrogen-bond acceptors (Lipinski definition) is 6. The predicted molar refractivity (Wildman–Crippen MR) is 114 cm³/mol. The number of carboxylic acids is 1. The lowest BCUT2D eigenvalue weighted by Gasteiger charge is -2.29. The van der Waals surface area contributed by atoms with Crippen LogP contribution in [0.4, 0.5) is 0 Å². The van der Waals surface area contributed by atoms with Crippen molar-refractivity contribution in [3.05, 3.63) is 0 Å². The topological polar surface area (TPSA) is 151 Å². The van der Waals surface area contributed by atoms with E-state index < -0.39 is 47.9 Å². The number of rotatable bonds is 12. The van der Waals surface area contributed by atoms with Gasteiger partial charge in [0.1, 0.15) is 18.1 Å². The molecule has 0 saturated heterocycles.